The number of aromatic hydroxyl groups is 1. The van der Waals surface area contributed by atoms with Crippen molar-refractivity contribution in [3.8, 4) is 5.75 Å². The lowest BCUT2D eigenvalue weighted by molar-refractivity contribution is -0.385. The van der Waals surface area contributed by atoms with Crippen molar-refractivity contribution < 1.29 is 23.4 Å². The maximum Gasteiger partial charge on any atom is 0.270 e. The molecule has 0 saturated heterocycles. The molecule has 1 aliphatic carbocycles. The van der Waals surface area contributed by atoms with E-state index in [1.807, 2.05) is 20.8 Å². The van der Waals surface area contributed by atoms with E-state index in [0.29, 0.717) is 18.4 Å². The van der Waals surface area contributed by atoms with Crippen molar-refractivity contribution in [2.75, 3.05) is 0 Å². The Morgan fingerprint density at radius 2 is 1.71 bits per heavy atom. The fraction of sp³-hybridized carbons (Fsp3) is 0.435. The Hall–Kier alpha value is -3.38. The number of phenolic OH excluding ortho intramolecular Hbond substituents is 1. The Labute approximate surface area is 203 Å². The predicted molar refractivity (Wildman–Crippen MR) is 131 cm³/mol. The zero-order valence-corrected chi connectivity index (χ0v) is 20.5. The minimum Gasteiger partial charge on any atom is -0.507 e. The minimum absolute atomic E-state index is 0.114. The summed E-state index contributed by atoms with van der Waals surface area (Å²) in [4.78, 5) is 25.5. The van der Waals surface area contributed by atoms with Crippen molar-refractivity contribution in [1.82, 2.24) is 4.72 Å². The molecule has 2 N–H and O–H groups in total. The van der Waals surface area contributed by atoms with Crippen LogP contribution in [0.3, 0.4) is 0 Å². The van der Waals surface area contributed by atoms with Gasteiger partial charge in [0.15, 0.2) is 0 Å². The molecule has 2 aromatic rings. The summed E-state index contributed by atoms with van der Waals surface area (Å²) in [5.74, 6) is -0.114. The van der Waals surface area contributed by atoms with Crippen molar-refractivity contribution in [1.29, 1.82) is 0 Å². The number of sulfonamides is 1. The van der Waals surface area contributed by atoms with Crippen LogP contribution < -0.4 is 4.72 Å². The molecule has 188 valence electrons. The standard InChI is InChI=1S/C23H28N4O7S/c1-23(2,3)19-13-17(27(31)32)11-15(22(19)28)14-24-20-9-4-5-10-21(20)25-35(33,34)18-8-6-7-16(12-18)26(29)30/h6-8,11-14,20-21,25,28H,4-5,9-10H2,1-3H3/t20-,21-/m1/s1. The van der Waals surface area contributed by atoms with Gasteiger partial charge in [-0.3, -0.25) is 25.2 Å². The quantitative estimate of drug-likeness (QED) is 0.324. The van der Waals surface area contributed by atoms with Crippen LogP contribution in [-0.4, -0.2) is 41.7 Å². The fourth-order valence-electron chi connectivity index (χ4n) is 4.05. The molecule has 0 unspecified atom stereocenters. The molecule has 2 aromatic carbocycles. The lowest BCUT2D eigenvalue weighted by Crippen LogP contribution is -2.44. The van der Waals surface area contributed by atoms with Gasteiger partial charge in [-0.05, 0) is 24.3 Å². The molecule has 1 saturated carbocycles. The van der Waals surface area contributed by atoms with E-state index in [1.54, 1.807) is 0 Å². The van der Waals surface area contributed by atoms with Crippen LogP contribution in [0.15, 0.2) is 46.3 Å². The third kappa shape index (κ3) is 6.20. The van der Waals surface area contributed by atoms with E-state index >= 15 is 0 Å². The Balaban J connectivity index is 1.91. The first-order valence-electron chi connectivity index (χ1n) is 11.1. The Morgan fingerprint density at radius 1 is 1.06 bits per heavy atom. The van der Waals surface area contributed by atoms with Crippen LogP contribution in [0.2, 0.25) is 0 Å². The van der Waals surface area contributed by atoms with Crippen LogP contribution in [0, 0.1) is 20.2 Å². The summed E-state index contributed by atoms with van der Waals surface area (Å²) in [7, 11) is -4.05. The summed E-state index contributed by atoms with van der Waals surface area (Å²) < 4.78 is 28.5. The molecule has 11 nitrogen and oxygen atoms in total. The lowest BCUT2D eigenvalue weighted by atomic mass is 9.85. The zero-order chi connectivity index (χ0) is 26.0. The summed E-state index contributed by atoms with van der Waals surface area (Å²) in [6.45, 7) is 5.48. The summed E-state index contributed by atoms with van der Waals surface area (Å²) >= 11 is 0. The molecular formula is C23H28N4O7S. The number of nitro benzene ring substituents is 2. The highest BCUT2D eigenvalue weighted by molar-refractivity contribution is 7.89. The van der Waals surface area contributed by atoms with Crippen LogP contribution in [0.5, 0.6) is 5.75 Å². The first kappa shape index (κ1) is 26.2. The van der Waals surface area contributed by atoms with E-state index in [0.717, 1.165) is 18.9 Å². The van der Waals surface area contributed by atoms with Crippen LogP contribution in [0.1, 0.15) is 57.6 Å². The normalized spacial score (nSPS) is 19.1. The number of benzene rings is 2. The Morgan fingerprint density at radius 3 is 2.34 bits per heavy atom. The Kier molecular flexibility index (Phi) is 7.56. The van der Waals surface area contributed by atoms with Gasteiger partial charge in [0.05, 0.1) is 20.8 Å². The summed E-state index contributed by atoms with van der Waals surface area (Å²) in [6, 6.07) is 6.32. The minimum atomic E-state index is -4.05. The molecule has 35 heavy (non-hydrogen) atoms. The van der Waals surface area contributed by atoms with E-state index < -0.39 is 37.4 Å². The molecule has 0 aliphatic heterocycles. The number of phenols is 1. The first-order chi connectivity index (χ1) is 16.3. The number of hydrogen-bond donors (Lipinski definition) is 2. The highest BCUT2D eigenvalue weighted by atomic mass is 32.2. The van der Waals surface area contributed by atoms with Crippen LogP contribution in [-0.2, 0) is 15.4 Å². The van der Waals surface area contributed by atoms with Crippen molar-refractivity contribution >= 4 is 27.6 Å². The highest BCUT2D eigenvalue weighted by Crippen LogP contribution is 2.36. The fourth-order valence-corrected chi connectivity index (χ4v) is 5.39. The largest absolute Gasteiger partial charge is 0.507 e. The average molecular weight is 505 g/mol. The van der Waals surface area contributed by atoms with Crippen LogP contribution in [0.4, 0.5) is 11.4 Å². The highest BCUT2D eigenvalue weighted by Gasteiger charge is 2.30. The average Bonchev–Trinajstić information content (AvgIpc) is 2.78. The number of rotatable bonds is 7. The van der Waals surface area contributed by atoms with Gasteiger partial charge in [-0.15, -0.1) is 0 Å². The third-order valence-electron chi connectivity index (χ3n) is 5.92. The molecule has 1 fully saturated rings. The second-order valence-electron chi connectivity index (χ2n) is 9.55. The van der Waals surface area contributed by atoms with E-state index in [9.17, 15) is 33.8 Å². The van der Waals surface area contributed by atoms with Gasteiger partial charge < -0.3 is 5.11 Å². The van der Waals surface area contributed by atoms with Gasteiger partial charge in [-0.1, -0.05) is 39.7 Å². The third-order valence-corrected chi connectivity index (χ3v) is 7.41. The molecule has 3 rings (SSSR count). The number of nitrogens with zero attached hydrogens (tertiary/aromatic N) is 3. The zero-order valence-electron chi connectivity index (χ0n) is 19.7. The first-order valence-corrected chi connectivity index (χ1v) is 12.6. The van der Waals surface area contributed by atoms with Gasteiger partial charge in [-0.25, -0.2) is 13.1 Å². The maximum absolute atomic E-state index is 12.9. The molecule has 0 aromatic heterocycles. The van der Waals surface area contributed by atoms with E-state index in [2.05, 4.69) is 9.71 Å². The van der Waals surface area contributed by atoms with E-state index in [-0.39, 0.29) is 27.6 Å². The molecule has 0 spiro atoms. The van der Waals surface area contributed by atoms with Crippen molar-refractivity contribution in [2.24, 2.45) is 4.99 Å². The topological polar surface area (TPSA) is 165 Å². The molecule has 0 radical (unpaired) electrons. The molecule has 0 heterocycles. The van der Waals surface area contributed by atoms with Gasteiger partial charge in [-0.2, -0.15) is 0 Å². The van der Waals surface area contributed by atoms with Gasteiger partial charge in [0.2, 0.25) is 10.0 Å². The maximum atomic E-state index is 12.9. The molecule has 12 heteroatoms. The second-order valence-corrected chi connectivity index (χ2v) is 11.3. The van der Waals surface area contributed by atoms with Gasteiger partial charge >= 0.3 is 0 Å². The van der Waals surface area contributed by atoms with Crippen molar-refractivity contribution in [3.05, 3.63) is 67.8 Å². The number of hydrogen-bond acceptors (Lipinski definition) is 8. The molecule has 1 aliphatic rings. The van der Waals surface area contributed by atoms with Gasteiger partial charge in [0.25, 0.3) is 11.4 Å². The molecule has 0 amide bonds. The molecule has 0 bridgehead atoms. The number of nitro groups is 2. The number of aliphatic imine (C=N–C) groups is 1. The van der Waals surface area contributed by atoms with Crippen LogP contribution >= 0.6 is 0 Å². The predicted octanol–water partition coefficient (Wildman–Crippen LogP) is 4.21. The van der Waals surface area contributed by atoms with Crippen molar-refractivity contribution in [2.45, 2.75) is 68.8 Å². The molecule has 2 atom stereocenters. The monoisotopic (exact) mass is 504 g/mol. The summed E-state index contributed by atoms with van der Waals surface area (Å²) in [5, 5.41) is 33.2. The van der Waals surface area contributed by atoms with Gasteiger partial charge in [0.1, 0.15) is 5.75 Å². The van der Waals surface area contributed by atoms with Gasteiger partial charge in [0, 0.05) is 47.6 Å². The summed E-state index contributed by atoms with van der Waals surface area (Å²) in [6.07, 6.45) is 4.00. The number of non-ortho nitro benzene ring substituents is 2. The van der Waals surface area contributed by atoms with E-state index in [1.165, 1.54) is 36.5 Å². The summed E-state index contributed by atoms with van der Waals surface area (Å²) in [5.41, 5.74) is -0.489. The lowest BCUT2D eigenvalue weighted by Gasteiger charge is -2.29. The Bertz CT molecular complexity index is 1270. The van der Waals surface area contributed by atoms with E-state index in [4.69, 9.17) is 0 Å². The second kappa shape index (κ2) is 10.1. The molecular weight excluding hydrogens is 476 g/mol. The number of nitrogens with one attached hydrogen (secondary N) is 1. The van der Waals surface area contributed by atoms with Crippen LogP contribution in [0.25, 0.3) is 0 Å². The SMILES string of the molecule is CC(C)(C)c1cc([N+](=O)[O-])cc(C=N[C@@H]2CCCC[C@H]2NS(=O)(=O)c2cccc([N+](=O)[O-])c2)c1O. The van der Waals surface area contributed by atoms with Crippen molar-refractivity contribution in [3.63, 3.8) is 0 Å². The smallest absolute Gasteiger partial charge is 0.270 e.